The summed E-state index contributed by atoms with van der Waals surface area (Å²) >= 11 is 1.45. The summed E-state index contributed by atoms with van der Waals surface area (Å²) in [4.78, 5) is 37.3. The maximum absolute atomic E-state index is 12.4. The van der Waals surface area contributed by atoms with Crippen LogP contribution in [0.4, 0.5) is 11.4 Å². The van der Waals surface area contributed by atoms with Crippen molar-refractivity contribution in [1.29, 1.82) is 0 Å². The molecule has 0 saturated heterocycles. The van der Waals surface area contributed by atoms with Gasteiger partial charge in [-0.2, -0.15) is 0 Å². The van der Waals surface area contributed by atoms with E-state index < -0.39 is 0 Å². The molecule has 7 heteroatoms. The van der Waals surface area contributed by atoms with Gasteiger partial charge in [-0.05, 0) is 50.1 Å². The van der Waals surface area contributed by atoms with Gasteiger partial charge in [0.15, 0.2) is 0 Å². The van der Waals surface area contributed by atoms with Gasteiger partial charge in [0.1, 0.15) is 0 Å². The fraction of sp³-hybridized carbons (Fsp3) is 0.250. The Morgan fingerprint density at radius 3 is 2.56 bits per heavy atom. The van der Waals surface area contributed by atoms with E-state index in [1.165, 1.54) is 11.8 Å². The summed E-state index contributed by atoms with van der Waals surface area (Å²) < 4.78 is 0. The Morgan fingerprint density at radius 1 is 1.15 bits per heavy atom. The van der Waals surface area contributed by atoms with E-state index in [4.69, 9.17) is 0 Å². The van der Waals surface area contributed by atoms with Crippen molar-refractivity contribution >= 4 is 40.9 Å². The molecule has 0 unspecified atom stereocenters. The summed E-state index contributed by atoms with van der Waals surface area (Å²) in [6, 6.07) is 10.9. The van der Waals surface area contributed by atoms with Gasteiger partial charge in [0, 0.05) is 16.1 Å². The molecular weight excluding hydrogens is 362 g/mol. The first-order valence-electron chi connectivity index (χ1n) is 8.61. The third-order valence-corrected chi connectivity index (χ3v) is 5.51. The van der Waals surface area contributed by atoms with Gasteiger partial charge in [-0.25, -0.2) is 0 Å². The van der Waals surface area contributed by atoms with Crippen LogP contribution in [0.15, 0.2) is 41.3 Å². The quantitative estimate of drug-likeness (QED) is 0.757. The molecule has 1 aliphatic rings. The number of para-hydroxylation sites is 1. The molecular formula is C20H21N3O3S. The third-order valence-electron chi connectivity index (χ3n) is 4.33. The average molecular weight is 383 g/mol. The second-order valence-corrected chi connectivity index (χ2v) is 7.84. The van der Waals surface area contributed by atoms with Crippen LogP contribution >= 0.6 is 11.8 Å². The van der Waals surface area contributed by atoms with Crippen molar-refractivity contribution in [2.75, 3.05) is 17.2 Å². The van der Waals surface area contributed by atoms with Crippen LogP contribution in [0.3, 0.4) is 0 Å². The zero-order chi connectivity index (χ0) is 19.6. The lowest BCUT2D eigenvalue weighted by molar-refractivity contribution is -0.116. The molecule has 2 aromatic carbocycles. The van der Waals surface area contributed by atoms with Gasteiger partial charge in [0.2, 0.25) is 11.8 Å². The predicted molar refractivity (Wildman–Crippen MR) is 107 cm³/mol. The number of hydrogen-bond acceptors (Lipinski definition) is 4. The first-order chi connectivity index (χ1) is 12.8. The van der Waals surface area contributed by atoms with Crippen LogP contribution in [0, 0.1) is 13.8 Å². The highest BCUT2D eigenvalue weighted by atomic mass is 32.2. The van der Waals surface area contributed by atoms with E-state index in [9.17, 15) is 14.4 Å². The summed E-state index contributed by atoms with van der Waals surface area (Å²) in [6.45, 7) is 5.53. The molecule has 1 heterocycles. The average Bonchev–Trinajstić information content (AvgIpc) is 2.63. The summed E-state index contributed by atoms with van der Waals surface area (Å²) in [6.07, 6.45) is 0. The molecule has 3 N–H and O–H groups in total. The largest absolute Gasteiger partial charge is 0.343 e. The number of thioether (sulfide) groups is 1. The van der Waals surface area contributed by atoms with Crippen molar-refractivity contribution in [3.63, 3.8) is 0 Å². The second kappa shape index (κ2) is 7.84. The highest BCUT2D eigenvalue weighted by Gasteiger charge is 2.23. The van der Waals surface area contributed by atoms with E-state index in [1.54, 1.807) is 12.1 Å². The number of nitrogens with one attached hydrogen (secondary N) is 3. The fourth-order valence-corrected chi connectivity index (χ4v) is 3.74. The monoisotopic (exact) mass is 383 g/mol. The highest BCUT2D eigenvalue weighted by Crippen LogP contribution is 2.35. The molecule has 1 aliphatic heterocycles. The van der Waals surface area contributed by atoms with E-state index in [0.717, 1.165) is 21.7 Å². The van der Waals surface area contributed by atoms with Crippen LogP contribution in [-0.4, -0.2) is 29.5 Å². The first kappa shape index (κ1) is 19.0. The van der Waals surface area contributed by atoms with Gasteiger partial charge in [-0.1, -0.05) is 18.2 Å². The standard InChI is InChI=1S/C20H21N3O3S/c1-11-5-4-6-12(2)18(11)23-17(24)10-21-20(26)14-7-8-16-15(9-14)22-19(25)13(3)27-16/h4-9,13H,10H2,1-3H3,(H,21,26)(H,22,25)(H,23,24)/t13-/m1/s1. The smallest absolute Gasteiger partial charge is 0.251 e. The number of carbonyl (C=O) groups is 3. The Balaban J connectivity index is 1.62. The normalized spacial score (nSPS) is 15.5. The predicted octanol–water partition coefficient (Wildman–Crippen LogP) is 3.10. The lowest BCUT2D eigenvalue weighted by Gasteiger charge is -2.21. The zero-order valence-corrected chi connectivity index (χ0v) is 16.2. The van der Waals surface area contributed by atoms with Crippen molar-refractivity contribution in [2.45, 2.75) is 30.9 Å². The van der Waals surface area contributed by atoms with E-state index in [1.807, 2.05) is 45.0 Å². The summed E-state index contributed by atoms with van der Waals surface area (Å²) in [5.41, 5.74) is 3.71. The van der Waals surface area contributed by atoms with Crippen molar-refractivity contribution in [3.8, 4) is 0 Å². The van der Waals surface area contributed by atoms with Crippen LogP contribution < -0.4 is 16.0 Å². The molecule has 0 aliphatic carbocycles. The van der Waals surface area contributed by atoms with Crippen LogP contribution in [0.1, 0.15) is 28.4 Å². The second-order valence-electron chi connectivity index (χ2n) is 6.46. The molecule has 1 atom stereocenters. The van der Waals surface area contributed by atoms with Crippen LogP contribution in [0.25, 0.3) is 0 Å². The lowest BCUT2D eigenvalue weighted by atomic mass is 10.1. The van der Waals surface area contributed by atoms with Crippen LogP contribution in [-0.2, 0) is 9.59 Å². The topological polar surface area (TPSA) is 87.3 Å². The number of fused-ring (bicyclic) bond motifs is 1. The Morgan fingerprint density at radius 2 is 1.85 bits per heavy atom. The van der Waals surface area contributed by atoms with E-state index in [2.05, 4.69) is 16.0 Å². The number of anilines is 2. The Labute approximate surface area is 162 Å². The Kier molecular flexibility index (Phi) is 5.51. The van der Waals surface area contributed by atoms with Gasteiger partial charge in [-0.3, -0.25) is 14.4 Å². The van der Waals surface area contributed by atoms with E-state index >= 15 is 0 Å². The first-order valence-corrected chi connectivity index (χ1v) is 9.49. The van der Waals surface area contributed by atoms with Gasteiger partial charge in [0.05, 0.1) is 17.5 Å². The molecule has 0 radical (unpaired) electrons. The van der Waals surface area contributed by atoms with Crippen LogP contribution in [0.5, 0.6) is 0 Å². The Hall–Kier alpha value is -2.80. The fourth-order valence-electron chi connectivity index (χ4n) is 2.81. The van der Waals surface area contributed by atoms with Gasteiger partial charge < -0.3 is 16.0 Å². The van der Waals surface area contributed by atoms with Crippen molar-refractivity contribution in [3.05, 3.63) is 53.1 Å². The van der Waals surface area contributed by atoms with Crippen LogP contribution in [0.2, 0.25) is 0 Å². The molecule has 0 aromatic heterocycles. The lowest BCUT2D eigenvalue weighted by Crippen LogP contribution is -2.33. The molecule has 0 bridgehead atoms. The summed E-state index contributed by atoms with van der Waals surface area (Å²) in [5.74, 6) is -0.748. The Bertz CT molecular complexity index is 906. The molecule has 0 saturated carbocycles. The minimum Gasteiger partial charge on any atom is -0.343 e. The van der Waals surface area contributed by atoms with Crippen molar-refractivity contribution in [2.24, 2.45) is 0 Å². The maximum atomic E-state index is 12.4. The molecule has 3 amide bonds. The molecule has 3 rings (SSSR count). The molecule has 27 heavy (non-hydrogen) atoms. The number of aryl methyl sites for hydroxylation is 2. The number of hydrogen-bond donors (Lipinski definition) is 3. The number of carbonyl (C=O) groups excluding carboxylic acids is 3. The van der Waals surface area contributed by atoms with Gasteiger partial charge in [0.25, 0.3) is 5.91 Å². The van der Waals surface area contributed by atoms with Gasteiger partial charge in [-0.15, -0.1) is 11.8 Å². The van der Waals surface area contributed by atoms with Crippen molar-refractivity contribution < 1.29 is 14.4 Å². The molecule has 0 fully saturated rings. The minimum atomic E-state index is -0.368. The molecule has 0 spiro atoms. The molecule has 6 nitrogen and oxygen atoms in total. The minimum absolute atomic E-state index is 0.0852. The number of rotatable bonds is 4. The third kappa shape index (κ3) is 4.31. The van der Waals surface area contributed by atoms with Gasteiger partial charge >= 0.3 is 0 Å². The summed E-state index contributed by atoms with van der Waals surface area (Å²) in [5, 5.41) is 8.08. The number of benzene rings is 2. The highest BCUT2D eigenvalue weighted by molar-refractivity contribution is 8.00. The maximum Gasteiger partial charge on any atom is 0.251 e. The number of amides is 3. The van der Waals surface area contributed by atoms with E-state index in [-0.39, 0.29) is 29.5 Å². The van der Waals surface area contributed by atoms with Crippen molar-refractivity contribution in [1.82, 2.24) is 5.32 Å². The molecule has 2 aromatic rings. The zero-order valence-electron chi connectivity index (χ0n) is 15.4. The summed E-state index contributed by atoms with van der Waals surface area (Å²) in [7, 11) is 0. The van der Waals surface area contributed by atoms with E-state index in [0.29, 0.717) is 11.3 Å². The molecule has 140 valence electrons. The SMILES string of the molecule is Cc1cccc(C)c1NC(=O)CNC(=O)c1ccc2c(c1)NC(=O)[C@@H](C)S2.